The van der Waals surface area contributed by atoms with E-state index in [0.29, 0.717) is 0 Å². The SMILES string of the molecule is CC(C)CCN1CCC(C)(N)C1. The van der Waals surface area contributed by atoms with Gasteiger partial charge in [0.15, 0.2) is 0 Å². The van der Waals surface area contributed by atoms with E-state index in [1.165, 1.54) is 19.5 Å². The molecule has 2 heteroatoms. The van der Waals surface area contributed by atoms with E-state index in [9.17, 15) is 0 Å². The first kappa shape index (κ1) is 10.0. The molecule has 1 saturated heterocycles. The van der Waals surface area contributed by atoms with Crippen LogP contribution in [-0.4, -0.2) is 30.1 Å². The summed E-state index contributed by atoms with van der Waals surface area (Å²) < 4.78 is 0. The fourth-order valence-electron chi connectivity index (χ4n) is 1.71. The third-order valence-corrected chi connectivity index (χ3v) is 2.61. The molecule has 0 aromatic rings. The van der Waals surface area contributed by atoms with Crippen molar-refractivity contribution < 1.29 is 0 Å². The third kappa shape index (κ3) is 3.11. The number of nitrogens with zero attached hydrogens (tertiary/aromatic N) is 1. The lowest BCUT2D eigenvalue weighted by Crippen LogP contribution is -2.39. The zero-order chi connectivity index (χ0) is 9.19. The molecule has 0 aromatic heterocycles. The molecule has 1 atom stereocenters. The lowest BCUT2D eigenvalue weighted by molar-refractivity contribution is 0.296. The Balaban J connectivity index is 2.20. The van der Waals surface area contributed by atoms with Gasteiger partial charge in [-0.25, -0.2) is 0 Å². The summed E-state index contributed by atoms with van der Waals surface area (Å²) in [6.07, 6.45) is 2.46. The normalized spacial score (nSPS) is 31.8. The van der Waals surface area contributed by atoms with Crippen molar-refractivity contribution in [2.24, 2.45) is 11.7 Å². The van der Waals surface area contributed by atoms with Crippen LogP contribution in [0.2, 0.25) is 0 Å². The molecule has 1 heterocycles. The number of nitrogens with two attached hydrogens (primary N) is 1. The van der Waals surface area contributed by atoms with Gasteiger partial charge in [0.25, 0.3) is 0 Å². The Bertz CT molecular complexity index is 141. The zero-order valence-corrected chi connectivity index (χ0v) is 8.64. The average molecular weight is 170 g/mol. The quantitative estimate of drug-likeness (QED) is 0.694. The molecule has 1 fully saturated rings. The Labute approximate surface area is 76.1 Å². The van der Waals surface area contributed by atoms with E-state index in [1.54, 1.807) is 0 Å². The maximum absolute atomic E-state index is 6.03. The minimum absolute atomic E-state index is 0.0803. The van der Waals surface area contributed by atoms with Crippen molar-refractivity contribution in [2.75, 3.05) is 19.6 Å². The molecule has 2 N–H and O–H groups in total. The Hall–Kier alpha value is -0.0800. The molecule has 12 heavy (non-hydrogen) atoms. The highest BCUT2D eigenvalue weighted by molar-refractivity contribution is 4.90. The van der Waals surface area contributed by atoms with Gasteiger partial charge in [0.2, 0.25) is 0 Å². The fourth-order valence-corrected chi connectivity index (χ4v) is 1.71. The van der Waals surface area contributed by atoms with Gasteiger partial charge in [-0.1, -0.05) is 13.8 Å². The number of likely N-dealkylation sites (tertiary alicyclic amines) is 1. The Morgan fingerprint density at radius 2 is 2.17 bits per heavy atom. The van der Waals surface area contributed by atoms with Crippen LogP contribution in [0.15, 0.2) is 0 Å². The van der Waals surface area contributed by atoms with Gasteiger partial charge in [-0.3, -0.25) is 0 Å². The second kappa shape index (κ2) is 3.75. The van der Waals surface area contributed by atoms with Crippen molar-refractivity contribution in [1.82, 2.24) is 4.90 Å². The monoisotopic (exact) mass is 170 g/mol. The van der Waals surface area contributed by atoms with Gasteiger partial charge in [-0.2, -0.15) is 0 Å². The topological polar surface area (TPSA) is 29.3 Å². The molecule has 0 amide bonds. The highest BCUT2D eigenvalue weighted by Crippen LogP contribution is 2.18. The summed E-state index contributed by atoms with van der Waals surface area (Å²) in [5, 5.41) is 0. The maximum Gasteiger partial charge on any atom is 0.0267 e. The lowest BCUT2D eigenvalue weighted by atomic mass is 10.0. The van der Waals surface area contributed by atoms with E-state index >= 15 is 0 Å². The molecule has 0 radical (unpaired) electrons. The van der Waals surface area contributed by atoms with Crippen LogP contribution in [0, 0.1) is 5.92 Å². The van der Waals surface area contributed by atoms with E-state index in [4.69, 9.17) is 5.73 Å². The summed E-state index contributed by atoms with van der Waals surface area (Å²) in [4.78, 5) is 2.49. The third-order valence-electron chi connectivity index (χ3n) is 2.61. The minimum atomic E-state index is 0.0803. The molecule has 0 aromatic carbocycles. The van der Waals surface area contributed by atoms with E-state index in [1.807, 2.05) is 0 Å². The molecule has 1 rings (SSSR count). The van der Waals surface area contributed by atoms with Crippen LogP contribution in [0.4, 0.5) is 0 Å². The summed E-state index contributed by atoms with van der Waals surface area (Å²) in [5.41, 5.74) is 6.11. The summed E-state index contributed by atoms with van der Waals surface area (Å²) in [6, 6.07) is 0. The second-order valence-corrected chi connectivity index (χ2v) is 4.86. The molecule has 0 spiro atoms. The van der Waals surface area contributed by atoms with Crippen molar-refractivity contribution in [1.29, 1.82) is 0 Å². The van der Waals surface area contributed by atoms with Crippen LogP contribution >= 0.6 is 0 Å². The summed E-state index contributed by atoms with van der Waals surface area (Å²) >= 11 is 0. The second-order valence-electron chi connectivity index (χ2n) is 4.86. The van der Waals surface area contributed by atoms with Gasteiger partial charge < -0.3 is 10.6 Å². The maximum atomic E-state index is 6.03. The van der Waals surface area contributed by atoms with Crippen molar-refractivity contribution in [3.63, 3.8) is 0 Å². The average Bonchev–Trinajstić information content (AvgIpc) is 2.26. The van der Waals surface area contributed by atoms with Crippen LogP contribution in [-0.2, 0) is 0 Å². The summed E-state index contributed by atoms with van der Waals surface area (Å²) in [5.74, 6) is 0.814. The molecular weight excluding hydrogens is 148 g/mol. The standard InChI is InChI=1S/C10H22N2/c1-9(2)4-6-12-7-5-10(3,11)8-12/h9H,4-8,11H2,1-3H3. The first-order chi connectivity index (χ1) is 5.49. The van der Waals surface area contributed by atoms with E-state index < -0.39 is 0 Å². The van der Waals surface area contributed by atoms with E-state index in [-0.39, 0.29) is 5.54 Å². The Kier molecular flexibility index (Phi) is 3.13. The number of hydrogen-bond donors (Lipinski definition) is 1. The van der Waals surface area contributed by atoms with E-state index in [2.05, 4.69) is 25.7 Å². The van der Waals surface area contributed by atoms with Crippen molar-refractivity contribution in [3.8, 4) is 0 Å². The first-order valence-corrected chi connectivity index (χ1v) is 5.01. The highest BCUT2D eigenvalue weighted by Gasteiger charge is 2.28. The fraction of sp³-hybridized carbons (Fsp3) is 1.00. The molecule has 0 bridgehead atoms. The van der Waals surface area contributed by atoms with Gasteiger partial charge >= 0.3 is 0 Å². The molecule has 72 valence electrons. The summed E-state index contributed by atoms with van der Waals surface area (Å²) in [7, 11) is 0. The van der Waals surface area contributed by atoms with Gasteiger partial charge in [0.05, 0.1) is 0 Å². The van der Waals surface area contributed by atoms with Crippen LogP contribution < -0.4 is 5.73 Å². The molecule has 1 aliphatic rings. The van der Waals surface area contributed by atoms with Crippen molar-refractivity contribution >= 4 is 0 Å². The highest BCUT2D eigenvalue weighted by atomic mass is 15.2. The van der Waals surface area contributed by atoms with Crippen LogP contribution in [0.25, 0.3) is 0 Å². The minimum Gasteiger partial charge on any atom is -0.324 e. The molecule has 2 nitrogen and oxygen atoms in total. The van der Waals surface area contributed by atoms with Crippen molar-refractivity contribution in [3.05, 3.63) is 0 Å². The predicted molar refractivity (Wildman–Crippen MR) is 53.1 cm³/mol. The van der Waals surface area contributed by atoms with Gasteiger partial charge in [0, 0.05) is 12.1 Å². The predicted octanol–water partition coefficient (Wildman–Crippen LogP) is 1.46. The zero-order valence-electron chi connectivity index (χ0n) is 8.64. The summed E-state index contributed by atoms with van der Waals surface area (Å²) in [6.45, 7) is 10.2. The Morgan fingerprint density at radius 1 is 1.50 bits per heavy atom. The van der Waals surface area contributed by atoms with Crippen LogP contribution in [0.1, 0.15) is 33.6 Å². The molecule has 1 unspecified atom stereocenters. The van der Waals surface area contributed by atoms with E-state index in [0.717, 1.165) is 18.9 Å². The Morgan fingerprint density at radius 3 is 2.58 bits per heavy atom. The van der Waals surface area contributed by atoms with Crippen LogP contribution in [0.3, 0.4) is 0 Å². The molecule has 1 aliphatic heterocycles. The molecule has 0 saturated carbocycles. The first-order valence-electron chi connectivity index (χ1n) is 5.01. The molecule has 0 aliphatic carbocycles. The number of rotatable bonds is 3. The molecular formula is C10H22N2. The van der Waals surface area contributed by atoms with Crippen molar-refractivity contribution in [2.45, 2.75) is 39.2 Å². The van der Waals surface area contributed by atoms with Gasteiger partial charge in [0.1, 0.15) is 0 Å². The lowest BCUT2D eigenvalue weighted by Gasteiger charge is -2.20. The number of hydrogen-bond acceptors (Lipinski definition) is 2. The largest absolute Gasteiger partial charge is 0.324 e. The van der Waals surface area contributed by atoms with Gasteiger partial charge in [-0.05, 0) is 38.8 Å². The van der Waals surface area contributed by atoms with Gasteiger partial charge in [-0.15, -0.1) is 0 Å². The van der Waals surface area contributed by atoms with Crippen LogP contribution in [0.5, 0.6) is 0 Å². The smallest absolute Gasteiger partial charge is 0.0267 e.